The molecule has 0 radical (unpaired) electrons. The predicted molar refractivity (Wildman–Crippen MR) is 109 cm³/mol. The Morgan fingerprint density at radius 2 is 1.89 bits per heavy atom. The van der Waals surface area contributed by atoms with Crippen molar-refractivity contribution in [2.45, 2.75) is 17.8 Å². The topological polar surface area (TPSA) is 74.3 Å². The van der Waals surface area contributed by atoms with Crippen molar-refractivity contribution in [3.63, 3.8) is 0 Å². The summed E-state index contributed by atoms with van der Waals surface area (Å²) >= 11 is 1.50. The van der Waals surface area contributed by atoms with Crippen LogP contribution >= 0.6 is 11.8 Å². The van der Waals surface area contributed by atoms with Crippen LogP contribution in [0.4, 0.5) is 0 Å². The van der Waals surface area contributed by atoms with Gasteiger partial charge in [-0.1, -0.05) is 17.8 Å². The minimum Gasteiger partial charge on any atom is -0.497 e. The van der Waals surface area contributed by atoms with E-state index >= 15 is 0 Å². The van der Waals surface area contributed by atoms with Crippen molar-refractivity contribution in [3.8, 4) is 17.1 Å². The van der Waals surface area contributed by atoms with E-state index in [0.29, 0.717) is 17.1 Å². The summed E-state index contributed by atoms with van der Waals surface area (Å²) in [6, 6.07) is 13.1. The zero-order valence-corrected chi connectivity index (χ0v) is 16.6. The molecule has 7 nitrogen and oxygen atoms in total. The third kappa shape index (κ3) is 3.50. The quantitative estimate of drug-likeness (QED) is 0.485. The van der Waals surface area contributed by atoms with E-state index in [2.05, 4.69) is 15.2 Å². The molecule has 0 amide bonds. The van der Waals surface area contributed by atoms with E-state index in [4.69, 9.17) is 4.74 Å². The van der Waals surface area contributed by atoms with Crippen molar-refractivity contribution < 1.29 is 4.74 Å². The van der Waals surface area contributed by atoms with E-state index < -0.39 is 0 Å². The van der Waals surface area contributed by atoms with Gasteiger partial charge in [0.15, 0.2) is 11.0 Å². The number of aryl methyl sites for hydroxylation is 1. The molecule has 4 rings (SSSR count). The monoisotopic (exact) mass is 393 g/mol. The van der Waals surface area contributed by atoms with Gasteiger partial charge in [-0.3, -0.25) is 9.20 Å². The second-order valence-electron chi connectivity index (χ2n) is 6.40. The molecule has 0 spiro atoms. The van der Waals surface area contributed by atoms with Crippen LogP contribution in [0.1, 0.15) is 11.3 Å². The number of pyridine rings is 1. The molecule has 1 aromatic carbocycles. The second kappa shape index (κ2) is 7.47. The van der Waals surface area contributed by atoms with Gasteiger partial charge in [-0.2, -0.15) is 0 Å². The van der Waals surface area contributed by atoms with Crippen LogP contribution in [-0.2, 0) is 12.8 Å². The van der Waals surface area contributed by atoms with Crippen molar-refractivity contribution in [1.82, 2.24) is 24.1 Å². The van der Waals surface area contributed by atoms with Gasteiger partial charge in [-0.15, -0.1) is 10.2 Å². The summed E-state index contributed by atoms with van der Waals surface area (Å²) in [5, 5.41) is 9.34. The van der Waals surface area contributed by atoms with Gasteiger partial charge in [0.2, 0.25) is 0 Å². The van der Waals surface area contributed by atoms with E-state index in [1.165, 1.54) is 11.8 Å². The molecule has 3 heterocycles. The van der Waals surface area contributed by atoms with Gasteiger partial charge in [-0.05, 0) is 42.8 Å². The number of ether oxygens (including phenoxy) is 1. The van der Waals surface area contributed by atoms with Crippen molar-refractivity contribution in [2.75, 3.05) is 7.11 Å². The van der Waals surface area contributed by atoms with Crippen LogP contribution in [0.25, 0.3) is 17.0 Å². The van der Waals surface area contributed by atoms with Crippen LogP contribution < -0.4 is 10.3 Å². The Bertz CT molecular complexity index is 1200. The Morgan fingerprint density at radius 1 is 1.11 bits per heavy atom. The van der Waals surface area contributed by atoms with E-state index in [-0.39, 0.29) is 5.56 Å². The molecule has 4 aromatic rings. The van der Waals surface area contributed by atoms with E-state index in [1.807, 2.05) is 54.9 Å². The fraction of sp³-hybridized carbons (Fsp3) is 0.200. The molecule has 0 bridgehead atoms. The van der Waals surface area contributed by atoms with Gasteiger partial charge in [0.1, 0.15) is 11.4 Å². The van der Waals surface area contributed by atoms with Gasteiger partial charge < -0.3 is 9.30 Å². The Hall–Kier alpha value is -3.13. The first kappa shape index (κ1) is 18.2. The molecule has 0 atom stereocenters. The zero-order valence-electron chi connectivity index (χ0n) is 15.8. The highest BCUT2D eigenvalue weighted by Crippen LogP contribution is 2.26. The summed E-state index contributed by atoms with van der Waals surface area (Å²) in [5.41, 5.74) is 3.25. The number of methoxy groups -OCH3 is 1. The molecule has 0 aliphatic rings. The average Bonchev–Trinajstić information content (AvgIpc) is 3.07. The average molecular weight is 393 g/mol. The van der Waals surface area contributed by atoms with E-state index in [0.717, 1.165) is 27.9 Å². The zero-order chi connectivity index (χ0) is 19.7. The summed E-state index contributed by atoms with van der Waals surface area (Å²) in [6.07, 6.45) is 1.80. The van der Waals surface area contributed by atoms with Gasteiger partial charge in [0.25, 0.3) is 5.56 Å². The van der Waals surface area contributed by atoms with Crippen molar-refractivity contribution in [3.05, 3.63) is 70.3 Å². The van der Waals surface area contributed by atoms with Crippen LogP contribution in [0.3, 0.4) is 0 Å². The lowest BCUT2D eigenvalue weighted by Gasteiger charge is -2.06. The van der Waals surface area contributed by atoms with Crippen molar-refractivity contribution >= 4 is 17.4 Å². The highest BCUT2D eigenvalue weighted by Gasteiger charge is 2.12. The van der Waals surface area contributed by atoms with E-state index in [9.17, 15) is 4.79 Å². The lowest BCUT2D eigenvalue weighted by atomic mass is 10.2. The first-order valence-electron chi connectivity index (χ1n) is 8.71. The van der Waals surface area contributed by atoms with Gasteiger partial charge in [0, 0.05) is 30.6 Å². The van der Waals surface area contributed by atoms with Crippen LogP contribution in [0.15, 0.2) is 58.6 Å². The molecule has 142 valence electrons. The van der Waals surface area contributed by atoms with Gasteiger partial charge >= 0.3 is 0 Å². The Kier molecular flexibility index (Phi) is 4.87. The molecule has 28 heavy (non-hydrogen) atoms. The fourth-order valence-corrected chi connectivity index (χ4v) is 3.71. The number of hydrogen-bond donors (Lipinski definition) is 0. The maximum atomic E-state index is 12.3. The van der Waals surface area contributed by atoms with Crippen LogP contribution in [0.5, 0.6) is 5.75 Å². The summed E-state index contributed by atoms with van der Waals surface area (Å²) in [6.45, 7) is 1.95. The summed E-state index contributed by atoms with van der Waals surface area (Å²) in [4.78, 5) is 16.9. The molecule has 0 aliphatic carbocycles. The lowest BCUT2D eigenvalue weighted by Crippen LogP contribution is -2.15. The maximum Gasteiger partial charge on any atom is 0.258 e. The molecular weight excluding hydrogens is 374 g/mol. The van der Waals surface area contributed by atoms with Crippen molar-refractivity contribution in [2.24, 2.45) is 7.05 Å². The molecule has 8 heteroatoms. The Morgan fingerprint density at radius 3 is 2.64 bits per heavy atom. The Labute approximate surface area is 166 Å². The standard InChI is InChI=1S/C20H19N5O2S/c1-13-4-9-17-21-15(10-18(26)25(17)11-13)12-28-20-23-22-19(24(20)2)14-5-7-16(27-3)8-6-14/h4-11H,12H2,1-3H3. The lowest BCUT2D eigenvalue weighted by molar-refractivity contribution is 0.415. The van der Waals surface area contributed by atoms with Crippen LogP contribution in [0.2, 0.25) is 0 Å². The second-order valence-corrected chi connectivity index (χ2v) is 7.35. The highest BCUT2D eigenvalue weighted by atomic mass is 32.2. The molecule has 0 unspecified atom stereocenters. The fourth-order valence-electron chi connectivity index (χ4n) is 2.90. The molecule has 0 aliphatic heterocycles. The smallest absolute Gasteiger partial charge is 0.258 e. The summed E-state index contributed by atoms with van der Waals surface area (Å²) in [5.74, 6) is 2.10. The van der Waals surface area contributed by atoms with E-state index in [1.54, 1.807) is 23.8 Å². The third-order valence-electron chi connectivity index (χ3n) is 4.39. The highest BCUT2D eigenvalue weighted by molar-refractivity contribution is 7.98. The minimum absolute atomic E-state index is 0.0822. The molecule has 3 aromatic heterocycles. The number of aromatic nitrogens is 5. The molecule has 0 saturated heterocycles. The molecule has 0 saturated carbocycles. The molecule has 0 N–H and O–H groups in total. The first-order valence-corrected chi connectivity index (χ1v) is 9.69. The number of hydrogen-bond acceptors (Lipinski definition) is 6. The SMILES string of the molecule is COc1ccc(-c2nnc(SCc3cc(=O)n4cc(C)ccc4n3)n2C)cc1. The first-order chi connectivity index (χ1) is 13.5. The number of nitrogens with zero attached hydrogens (tertiary/aromatic N) is 5. The largest absolute Gasteiger partial charge is 0.497 e. The number of fused-ring (bicyclic) bond motifs is 1. The van der Waals surface area contributed by atoms with Crippen molar-refractivity contribution in [1.29, 1.82) is 0 Å². The minimum atomic E-state index is -0.0822. The van der Waals surface area contributed by atoms with Gasteiger partial charge in [0.05, 0.1) is 12.8 Å². The molecular formula is C20H19N5O2S. The third-order valence-corrected chi connectivity index (χ3v) is 5.45. The maximum absolute atomic E-state index is 12.3. The van der Waals surface area contributed by atoms with Crippen LogP contribution in [0, 0.1) is 6.92 Å². The van der Waals surface area contributed by atoms with Gasteiger partial charge in [-0.25, -0.2) is 4.98 Å². The van der Waals surface area contributed by atoms with Crippen LogP contribution in [-0.4, -0.2) is 31.3 Å². The number of thioether (sulfide) groups is 1. The number of benzene rings is 1. The molecule has 0 fully saturated rings. The Balaban J connectivity index is 1.55. The summed E-state index contributed by atoms with van der Waals surface area (Å²) < 4.78 is 8.69. The number of rotatable bonds is 5. The summed E-state index contributed by atoms with van der Waals surface area (Å²) in [7, 11) is 3.56. The normalized spacial score (nSPS) is 11.1. The predicted octanol–water partition coefficient (Wildman–Crippen LogP) is 3.10.